The Morgan fingerprint density at radius 1 is 0.574 bits per heavy atom. The molecule has 0 bridgehead atoms. The minimum absolute atomic E-state index is 0.295. The molecule has 0 fully saturated rings. The number of hydrogen-bond acceptors (Lipinski definition) is 4. The summed E-state index contributed by atoms with van der Waals surface area (Å²) >= 11 is 0. The molecule has 3 heterocycles. The lowest BCUT2D eigenvalue weighted by molar-refractivity contribution is 0.620. The van der Waals surface area contributed by atoms with Crippen molar-refractivity contribution in [3.63, 3.8) is 0 Å². The maximum atomic E-state index is 6.84. The van der Waals surface area contributed by atoms with Gasteiger partial charge in [0.05, 0.1) is 11.0 Å². The molecule has 47 heavy (non-hydrogen) atoms. The van der Waals surface area contributed by atoms with Crippen molar-refractivity contribution in [1.82, 2.24) is 19.5 Å². The van der Waals surface area contributed by atoms with Crippen molar-refractivity contribution in [2.45, 2.75) is 19.3 Å². The van der Waals surface area contributed by atoms with Crippen molar-refractivity contribution < 1.29 is 4.42 Å². The van der Waals surface area contributed by atoms with Crippen LogP contribution in [-0.4, -0.2) is 19.5 Å². The van der Waals surface area contributed by atoms with E-state index in [1.54, 1.807) is 0 Å². The minimum Gasteiger partial charge on any atom is -0.456 e. The Hall–Kier alpha value is -6.07. The second-order valence-electron chi connectivity index (χ2n) is 12.8. The molecule has 0 saturated carbocycles. The zero-order chi connectivity index (χ0) is 31.3. The van der Waals surface area contributed by atoms with E-state index in [2.05, 4.69) is 109 Å². The Labute approximate surface area is 270 Å². The van der Waals surface area contributed by atoms with Crippen LogP contribution in [0.2, 0.25) is 0 Å². The molecule has 1 aliphatic carbocycles. The van der Waals surface area contributed by atoms with Crippen molar-refractivity contribution in [2.24, 2.45) is 0 Å². The first-order chi connectivity index (χ1) is 23.1. The number of rotatable bonds is 3. The predicted molar refractivity (Wildman–Crippen MR) is 190 cm³/mol. The fraction of sp³-hybridized carbons (Fsp3) is 0.0714. The number of fused-ring (bicyclic) bond motifs is 12. The smallest absolute Gasteiger partial charge is 0.238 e. The summed E-state index contributed by atoms with van der Waals surface area (Å²) in [6.07, 6.45) is 0. The fourth-order valence-corrected chi connectivity index (χ4v) is 7.78. The second kappa shape index (κ2) is 9.47. The normalized spacial score (nSPS) is 13.5. The SMILES string of the molecule is CC1(C)c2ccccc2-c2c1c1oc3ccccc3c1c1c3ccccc3n(-c3nc(-c4ccccc4)nc(-c4ccccc4)n3)c21. The van der Waals surface area contributed by atoms with E-state index >= 15 is 0 Å². The van der Waals surface area contributed by atoms with Gasteiger partial charge in [-0.05, 0) is 23.3 Å². The van der Waals surface area contributed by atoms with Gasteiger partial charge in [0.2, 0.25) is 5.95 Å². The average Bonchev–Trinajstić information content (AvgIpc) is 3.75. The molecule has 0 N–H and O–H groups in total. The highest BCUT2D eigenvalue weighted by molar-refractivity contribution is 6.32. The quantitative estimate of drug-likeness (QED) is 0.201. The molecular formula is C42H28N4O. The third-order valence-electron chi connectivity index (χ3n) is 9.82. The molecule has 0 atom stereocenters. The molecule has 0 spiro atoms. The predicted octanol–water partition coefficient (Wildman–Crippen LogP) is 10.5. The fourth-order valence-electron chi connectivity index (χ4n) is 7.78. The number of para-hydroxylation sites is 2. The molecule has 0 unspecified atom stereocenters. The van der Waals surface area contributed by atoms with E-state index < -0.39 is 0 Å². The van der Waals surface area contributed by atoms with Crippen LogP contribution in [0.4, 0.5) is 0 Å². The zero-order valence-electron chi connectivity index (χ0n) is 25.9. The summed E-state index contributed by atoms with van der Waals surface area (Å²) < 4.78 is 9.10. The molecule has 0 radical (unpaired) electrons. The Balaban J connectivity index is 1.45. The van der Waals surface area contributed by atoms with Crippen LogP contribution < -0.4 is 0 Å². The summed E-state index contributed by atoms with van der Waals surface area (Å²) in [5.41, 5.74) is 10.4. The summed E-state index contributed by atoms with van der Waals surface area (Å²) in [6.45, 7) is 4.63. The third kappa shape index (κ3) is 3.57. The Kier molecular flexibility index (Phi) is 5.28. The first-order valence-electron chi connectivity index (χ1n) is 16.0. The minimum atomic E-state index is -0.295. The van der Waals surface area contributed by atoms with Gasteiger partial charge >= 0.3 is 0 Å². The summed E-state index contributed by atoms with van der Waals surface area (Å²) in [6, 6.07) is 46.1. The van der Waals surface area contributed by atoms with Gasteiger partial charge in [0, 0.05) is 49.2 Å². The molecule has 5 nitrogen and oxygen atoms in total. The highest BCUT2D eigenvalue weighted by Crippen LogP contribution is 2.57. The molecule has 0 saturated heterocycles. The highest BCUT2D eigenvalue weighted by Gasteiger charge is 2.41. The number of furan rings is 1. The molecule has 10 rings (SSSR count). The molecule has 3 aromatic heterocycles. The number of benzene rings is 6. The molecular weight excluding hydrogens is 576 g/mol. The van der Waals surface area contributed by atoms with Gasteiger partial charge in [-0.25, -0.2) is 4.98 Å². The molecule has 1 aliphatic rings. The molecule has 0 amide bonds. The van der Waals surface area contributed by atoms with Crippen LogP contribution in [0.15, 0.2) is 138 Å². The maximum absolute atomic E-state index is 6.84. The van der Waals surface area contributed by atoms with Crippen molar-refractivity contribution in [1.29, 1.82) is 0 Å². The standard InChI is InChI=1S/C42H28N4O/c1-42(2)30-22-12-9-19-27(30)35-36(42)38-34(29-21-11-14-24-32(29)47-38)33-28-20-10-13-23-31(28)46(37(33)35)41-44-39(25-15-5-3-6-16-25)43-40(45-41)26-17-7-4-8-18-26/h3-24H,1-2H3. The van der Waals surface area contributed by atoms with Gasteiger partial charge in [0.15, 0.2) is 11.6 Å². The maximum Gasteiger partial charge on any atom is 0.238 e. The van der Waals surface area contributed by atoms with E-state index in [-0.39, 0.29) is 5.41 Å². The van der Waals surface area contributed by atoms with E-state index in [1.165, 1.54) is 22.3 Å². The van der Waals surface area contributed by atoms with Gasteiger partial charge in [-0.3, -0.25) is 4.57 Å². The zero-order valence-corrected chi connectivity index (χ0v) is 25.9. The molecule has 0 aliphatic heterocycles. The van der Waals surface area contributed by atoms with Gasteiger partial charge in [-0.15, -0.1) is 0 Å². The Bertz CT molecular complexity index is 2640. The van der Waals surface area contributed by atoms with Crippen molar-refractivity contribution in [3.8, 4) is 39.9 Å². The molecule has 5 heteroatoms. The van der Waals surface area contributed by atoms with Crippen LogP contribution >= 0.6 is 0 Å². The summed E-state index contributed by atoms with van der Waals surface area (Å²) in [4.78, 5) is 15.5. The summed E-state index contributed by atoms with van der Waals surface area (Å²) in [5.74, 6) is 1.85. The van der Waals surface area contributed by atoms with Crippen LogP contribution in [0, 0.1) is 0 Å². The van der Waals surface area contributed by atoms with E-state index in [0.29, 0.717) is 17.6 Å². The number of hydrogen-bond donors (Lipinski definition) is 0. The topological polar surface area (TPSA) is 56.7 Å². The van der Waals surface area contributed by atoms with Gasteiger partial charge in [0.25, 0.3) is 0 Å². The lowest BCUT2D eigenvalue weighted by Crippen LogP contribution is -2.15. The van der Waals surface area contributed by atoms with E-state index in [4.69, 9.17) is 19.4 Å². The van der Waals surface area contributed by atoms with E-state index in [1.807, 2.05) is 42.5 Å². The summed E-state index contributed by atoms with van der Waals surface area (Å²) in [5, 5.41) is 4.52. The monoisotopic (exact) mass is 604 g/mol. The van der Waals surface area contributed by atoms with Crippen molar-refractivity contribution >= 4 is 43.7 Å². The molecule has 6 aromatic carbocycles. The van der Waals surface area contributed by atoms with Gasteiger partial charge in [0.1, 0.15) is 11.2 Å². The van der Waals surface area contributed by atoms with Crippen molar-refractivity contribution in [2.75, 3.05) is 0 Å². The Morgan fingerprint density at radius 3 is 1.89 bits per heavy atom. The number of aromatic nitrogens is 4. The van der Waals surface area contributed by atoms with Gasteiger partial charge in [-0.2, -0.15) is 9.97 Å². The summed E-state index contributed by atoms with van der Waals surface area (Å²) in [7, 11) is 0. The lowest BCUT2D eigenvalue weighted by Gasteiger charge is -2.21. The lowest BCUT2D eigenvalue weighted by atomic mass is 9.81. The largest absolute Gasteiger partial charge is 0.456 e. The van der Waals surface area contributed by atoms with Crippen molar-refractivity contribution in [3.05, 3.63) is 145 Å². The van der Waals surface area contributed by atoms with E-state index in [9.17, 15) is 0 Å². The van der Waals surface area contributed by atoms with Crippen LogP contribution in [0.1, 0.15) is 25.0 Å². The van der Waals surface area contributed by atoms with Crippen LogP contribution in [0.3, 0.4) is 0 Å². The first-order valence-corrected chi connectivity index (χ1v) is 16.0. The van der Waals surface area contributed by atoms with Crippen LogP contribution in [-0.2, 0) is 5.41 Å². The van der Waals surface area contributed by atoms with Crippen LogP contribution in [0.25, 0.3) is 83.6 Å². The third-order valence-corrected chi connectivity index (χ3v) is 9.82. The van der Waals surface area contributed by atoms with Gasteiger partial charge < -0.3 is 4.42 Å². The van der Waals surface area contributed by atoms with Crippen LogP contribution in [0.5, 0.6) is 0 Å². The average molecular weight is 605 g/mol. The molecule has 222 valence electrons. The number of nitrogens with zero attached hydrogens (tertiary/aromatic N) is 4. The van der Waals surface area contributed by atoms with E-state index in [0.717, 1.165) is 54.9 Å². The highest BCUT2D eigenvalue weighted by atomic mass is 16.3. The van der Waals surface area contributed by atoms with Gasteiger partial charge in [-0.1, -0.05) is 135 Å². The second-order valence-corrected chi connectivity index (χ2v) is 12.8. The molecule has 9 aromatic rings. The first kappa shape index (κ1) is 26.2. The Morgan fingerprint density at radius 2 is 1.17 bits per heavy atom.